The van der Waals surface area contributed by atoms with Crippen LogP contribution in [0.4, 0.5) is 13.2 Å². The zero-order chi connectivity index (χ0) is 15.0. The van der Waals surface area contributed by atoms with E-state index < -0.39 is 19.2 Å². The molecule has 110 valence electrons. The van der Waals surface area contributed by atoms with Gasteiger partial charge in [-0.1, -0.05) is 11.8 Å². The number of aliphatic hydroxyl groups excluding tert-OH is 1. The zero-order valence-electron chi connectivity index (χ0n) is 11.0. The Bertz CT molecular complexity index is 487. The summed E-state index contributed by atoms with van der Waals surface area (Å²) >= 11 is 0. The van der Waals surface area contributed by atoms with Crippen molar-refractivity contribution in [3.8, 4) is 17.6 Å². The number of alkyl halides is 3. The largest absolute Gasteiger partial charge is 0.496 e. The Hall–Kier alpha value is -1.71. The van der Waals surface area contributed by atoms with Gasteiger partial charge in [0, 0.05) is 11.1 Å². The first-order valence-corrected chi connectivity index (χ1v) is 5.87. The maximum atomic E-state index is 12.0. The Morgan fingerprint density at radius 3 is 2.65 bits per heavy atom. The highest BCUT2D eigenvalue weighted by atomic mass is 19.4. The minimum atomic E-state index is -4.22. The van der Waals surface area contributed by atoms with Crippen LogP contribution >= 0.6 is 0 Å². The number of rotatable bonds is 5. The summed E-state index contributed by atoms with van der Waals surface area (Å²) in [5.74, 6) is 5.72. The summed E-state index contributed by atoms with van der Waals surface area (Å²) in [4.78, 5) is 0. The second kappa shape index (κ2) is 7.78. The molecule has 1 N–H and O–H groups in total. The van der Waals surface area contributed by atoms with E-state index >= 15 is 0 Å². The number of aliphatic hydroxyl groups is 1. The van der Waals surface area contributed by atoms with E-state index in [4.69, 9.17) is 14.6 Å². The van der Waals surface area contributed by atoms with Crippen LogP contribution in [0.15, 0.2) is 18.2 Å². The van der Waals surface area contributed by atoms with Crippen LogP contribution in [0.25, 0.3) is 0 Å². The van der Waals surface area contributed by atoms with E-state index in [1.54, 1.807) is 18.2 Å². The summed E-state index contributed by atoms with van der Waals surface area (Å²) < 4.78 is 46.1. The van der Waals surface area contributed by atoms with Gasteiger partial charge in [-0.2, -0.15) is 13.2 Å². The molecule has 0 aliphatic heterocycles. The molecule has 20 heavy (non-hydrogen) atoms. The lowest BCUT2D eigenvalue weighted by Crippen LogP contribution is -2.11. The molecule has 0 heterocycles. The molecular weight excluding hydrogens is 273 g/mol. The topological polar surface area (TPSA) is 38.7 Å². The molecule has 0 saturated carbocycles. The van der Waals surface area contributed by atoms with Crippen LogP contribution < -0.4 is 4.74 Å². The van der Waals surface area contributed by atoms with E-state index in [0.717, 1.165) is 0 Å². The first-order valence-electron chi connectivity index (χ1n) is 5.87. The highest BCUT2D eigenvalue weighted by Gasteiger charge is 2.26. The van der Waals surface area contributed by atoms with E-state index in [1.807, 2.05) is 0 Å². The Morgan fingerprint density at radius 2 is 2.05 bits per heavy atom. The molecule has 0 amide bonds. The van der Waals surface area contributed by atoms with Crippen LogP contribution in [0, 0.1) is 11.8 Å². The average molecular weight is 288 g/mol. The van der Waals surface area contributed by atoms with Gasteiger partial charge in [0.15, 0.2) is 0 Å². The number of hydrogen-bond acceptors (Lipinski definition) is 3. The lowest BCUT2D eigenvalue weighted by molar-refractivity contribution is -0.146. The number of hydrogen-bond donors (Lipinski definition) is 1. The minimum absolute atomic E-state index is 0.00784. The maximum Gasteiger partial charge on any atom is 0.391 e. The van der Waals surface area contributed by atoms with Crippen LogP contribution in [-0.2, 0) is 11.3 Å². The fourth-order valence-electron chi connectivity index (χ4n) is 1.48. The van der Waals surface area contributed by atoms with Crippen LogP contribution in [-0.4, -0.2) is 31.6 Å². The summed E-state index contributed by atoms with van der Waals surface area (Å²) in [6.45, 7) is -0.656. The molecule has 1 aromatic rings. The Kier molecular flexibility index (Phi) is 6.36. The molecule has 0 saturated heterocycles. The van der Waals surface area contributed by atoms with Crippen LogP contribution in [0.2, 0.25) is 0 Å². The van der Waals surface area contributed by atoms with E-state index in [0.29, 0.717) is 16.9 Å². The van der Waals surface area contributed by atoms with Gasteiger partial charge in [-0.25, -0.2) is 0 Å². The molecule has 6 heteroatoms. The van der Waals surface area contributed by atoms with Crippen molar-refractivity contribution >= 4 is 0 Å². The Morgan fingerprint density at radius 1 is 1.30 bits per heavy atom. The van der Waals surface area contributed by atoms with Gasteiger partial charge in [0.05, 0.1) is 26.7 Å². The normalized spacial score (nSPS) is 10.8. The number of halogens is 3. The van der Waals surface area contributed by atoms with Crippen molar-refractivity contribution in [3.63, 3.8) is 0 Å². The average Bonchev–Trinajstić information content (AvgIpc) is 2.40. The highest BCUT2D eigenvalue weighted by Crippen LogP contribution is 2.22. The van der Waals surface area contributed by atoms with Crippen molar-refractivity contribution in [2.75, 3.05) is 20.3 Å². The van der Waals surface area contributed by atoms with Gasteiger partial charge in [0.1, 0.15) is 12.4 Å². The molecule has 0 aromatic heterocycles. The molecule has 1 rings (SSSR count). The van der Waals surface area contributed by atoms with Gasteiger partial charge in [0.25, 0.3) is 0 Å². The van der Waals surface area contributed by atoms with Crippen LogP contribution in [0.1, 0.15) is 17.5 Å². The monoisotopic (exact) mass is 288 g/mol. The fraction of sp³-hybridized carbons (Fsp3) is 0.429. The summed E-state index contributed by atoms with van der Waals surface area (Å²) in [7, 11) is 1.47. The molecule has 0 atom stereocenters. The van der Waals surface area contributed by atoms with Crippen molar-refractivity contribution in [2.24, 2.45) is 0 Å². The second-order valence-electron chi connectivity index (χ2n) is 3.90. The first-order chi connectivity index (χ1) is 9.46. The van der Waals surface area contributed by atoms with Crippen LogP contribution in [0.3, 0.4) is 0 Å². The maximum absolute atomic E-state index is 12.0. The van der Waals surface area contributed by atoms with Gasteiger partial charge >= 0.3 is 6.18 Å². The van der Waals surface area contributed by atoms with Crippen molar-refractivity contribution in [1.29, 1.82) is 0 Å². The summed E-state index contributed by atoms with van der Waals surface area (Å²) in [6.07, 6.45) is -5.21. The zero-order valence-corrected chi connectivity index (χ0v) is 11.0. The van der Waals surface area contributed by atoms with Crippen molar-refractivity contribution < 1.29 is 27.8 Å². The first kappa shape index (κ1) is 16.3. The highest BCUT2D eigenvalue weighted by molar-refractivity contribution is 5.44. The predicted molar refractivity (Wildman–Crippen MR) is 67.3 cm³/mol. The third-order valence-corrected chi connectivity index (χ3v) is 2.38. The smallest absolute Gasteiger partial charge is 0.391 e. The molecule has 0 bridgehead atoms. The predicted octanol–water partition coefficient (Wildman–Crippen LogP) is 2.51. The van der Waals surface area contributed by atoms with E-state index in [2.05, 4.69) is 11.8 Å². The van der Waals surface area contributed by atoms with Gasteiger partial charge in [0.2, 0.25) is 0 Å². The third-order valence-electron chi connectivity index (χ3n) is 2.38. The molecule has 3 nitrogen and oxygen atoms in total. The third kappa shape index (κ3) is 5.95. The van der Waals surface area contributed by atoms with Gasteiger partial charge in [-0.3, -0.25) is 0 Å². The van der Waals surface area contributed by atoms with Crippen molar-refractivity contribution in [2.45, 2.75) is 19.2 Å². The lowest BCUT2D eigenvalue weighted by Gasteiger charge is -2.11. The van der Waals surface area contributed by atoms with E-state index in [-0.39, 0.29) is 13.2 Å². The fourth-order valence-corrected chi connectivity index (χ4v) is 1.48. The van der Waals surface area contributed by atoms with Crippen molar-refractivity contribution in [3.05, 3.63) is 29.3 Å². The second-order valence-corrected chi connectivity index (χ2v) is 3.90. The van der Waals surface area contributed by atoms with Crippen LogP contribution in [0.5, 0.6) is 5.75 Å². The summed E-state index contributed by atoms with van der Waals surface area (Å²) in [6, 6.07) is 5.01. The van der Waals surface area contributed by atoms with Gasteiger partial charge in [-0.15, -0.1) is 0 Å². The standard InChI is InChI=1S/C14H15F3O3/c1-19-13-5-4-11(3-2-7-18)9-12(13)10-20-8-6-14(15,16)17/h4-5,9,18H,6-8,10H2,1H3. The number of methoxy groups -OCH3 is 1. The molecule has 0 unspecified atom stereocenters. The SMILES string of the molecule is COc1ccc(C#CCO)cc1COCCC(F)(F)F. The number of ether oxygens (including phenoxy) is 2. The Balaban J connectivity index is 2.66. The number of benzene rings is 1. The molecule has 0 radical (unpaired) electrons. The molecule has 1 aromatic carbocycles. The lowest BCUT2D eigenvalue weighted by atomic mass is 10.1. The minimum Gasteiger partial charge on any atom is -0.496 e. The summed E-state index contributed by atoms with van der Waals surface area (Å²) in [5.41, 5.74) is 1.24. The molecule has 0 fully saturated rings. The quantitative estimate of drug-likeness (QED) is 0.668. The molecular formula is C14H15F3O3. The van der Waals surface area contributed by atoms with Crippen molar-refractivity contribution in [1.82, 2.24) is 0 Å². The summed E-state index contributed by atoms with van der Waals surface area (Å²) in [5, 5.41) is 8.62. The molecule has 0 aliphatic rings. The van der Waals surface area contributed by atoms with E-state index in [1.165, 1.54) is 7.11 Å². The van der Waals surface area contributed by atoms with Gasteiger partial charge < -0.3 is 14.6 Å². The molecule has 0 spiro atoms. The van der Waals surface area contributed by atoms with Gasteiger partial charge in [-0.05, 0) is 18.2 Å². The Labute approximate surface area is 115 Å². The van der Waals surface area contributed by atoms with E-state index in [9.17, 15) is 13.2 Å². The molecule has 0 aliphatic carbocycles.